The van der Waals surface area contributed by atoms with E-state index < -0.39 is 0 Å². The molecular formula is C14H19NS. The standard InChI is InChI=1S/C14H19NS/c1-4-12(15-3)10(2)14-9-11-7-5-6-8-13(11)16-14/h5-10,12,15H,4H2,1-3H3. The number of rotatable bonds is 4. The first kappa shape index (κ1) is 11.6. The van der Waals surface area contributed by atoms with Gasteiger partial charge in [0.05, 0.1) is 0 Å². The number of hydrogen-bond donors (Lipinski definition) is 1. The third kappa shape index (κ3) is 2.13. The lowest BCUT2D eigenvalue weighted by atomic mass is 9.98. The van der Waals surface area contributed by atoms with Crippen molar-refractivity contribution in [3.63, 3.8) is 0 Å². The number of fused-ring (bicyclic) bond motifs is 1. The minimum atomic E-state index is 0.577. The van der Waals surface area contributed by atoms with Crippen molar-refractivity contribution in [3.8, 4) is 0 Å². The van der Waals surface area contributed by atoms with E-state index in [1.807, 2.05) is 11.3 Å². The van der Waals surface area contributed by atoms with Crippen molar-refractivity contribution in [2.24, 2.45) is 0 Å². The van der Waals surface area contributed by atoms with Crippen molar-refractivity contribution in [3.05, 3.63) is 35.2 Å². The Morgan fingerprint density at radius 3 is 2.69 bits per heavy atom. The molecule has 2 aromatic rings. The molecule has 2 heteroatoms. The van der Waals surface area contributed by atoms with Gasteiger partial charge in [0.25, 0.3) is 0 Å². The number of benzene rings is 1. The van der Waals surface area contributed by atoms with Crippen molar-refractivity contribution in [2.75, 3.05) is 7.05 Å². The Bertz CT molecular complexity index is 423. The molecule has 0 saturated carbocycles. The molecule has 0 saturated heterocycles. The molecule has 86 valence electrons. The van der Waals surface area contributed by atoms with Crippen LogP contribution in [0.1, 0.15) is 31.1 Å². The Morgan fingerprint density at radius 2 is 2.06 bits per heavy atom. The van der Waals surface area contributed by atoms with Crippen LogP contribution in [0.4, 0.5) is 0 Å². The average Bonchev–Trinajstić information content (AvgIpc) is 2.74. The Hall–Kier alpha value is -0.860. The molecule has 0 amide bonds. The summed E-state index contributed by atoms with van der Waals surface area (Å²) >= 11 is 1.92. The smallest absolute Gasteiger partial charge is 0.0345 e. The highest BCUT2D eigenvalue weighted by molar-refractivity contribution is 7.19. The number of hydrogen-bond acceptors (Lipinski definition) is 2. The Kier molecular flexibility index (Phi) is 3.62. The van der Waals surface area contributed by atoms with Crippen molar-refractivity contribution < 1.29 is 0 Å². The van der Waals surface area contributed by atoms with Crippen LogP contribution in [0.15, 0.2) is 30.3 Å². The molecule has 1 N–H and O–H groups in total. The van der Waals surface area contributed by atoms with Crippen molar-refractivity contribution in [1.29, 1.82) is 0 Å². The summed E-state index contributed by atoms with van der Waals surface area (Å²) < 4.78 is 1.40. The van der Waals surface area contributed by atoms with Gasteiger partial charge in [-0.1, -0.05) is 32.0 Å². The molecule has 1 heterocycles. The fraction of sp³-hybridized carbons (Fsp3) is 0.429. The molecule has 0 spiro atoms. The molecule has 0 radical (unpaired) electrons. The maximum absolute atomic E-state index is 3.40. The second-order valence-corrected chi connectivity index (χ2v) is 5.39. The summed E-state index contributed by atoms with van der Waals surface area (Å²) in [7, 11) is 2.05. The van der Waals surface area contributed by atoms with Crippen LogP contribution in [0.3, 0.4) is 0 Å². The summed E-state index contributed by atoms with van der Waals surface area (Å²) in [6.07, 6.45) is 1.17. The lowest BCUT2D eigenvalue weighted by Crippen LogP contribution is -2.29. The van der Waals surface area contributed by atoms with Gasteiger partial charge in [-0.3, -0.25) is 0 Å². The van der Waals surface area contributed by atoms with Crippen molar-refractivity contribution in [2.45, 2.75) is 32.2 Å². The normalized spacial score (nSPS) is 15.2. The van der Waals surface area contributed by atoms with Gasteiger partial charge in [-0.2, -0.15) is 0 Å². The molecule has 1 aromatic heterocycles. The van der Waals surface area contributed by atoms with Crippen LogP contribution in [0, 0.1) is 0 Å². The second-order valence-electron chi connectivity index (χ2n) is 4.28. The predicted molar refractivity (Wildman–Crippen MR) is 73.4 cm³/mol. The van der Waals surface area contributed by atoms with Gasteiger partial charge in [0.15, 0.2) is 0 Å². The highest BCUT2D eigenvalue weighted by atomic mass is 32.1. The van der Waals surface area contributed by atoms with Crippen LogP contribution >= 0.6 is 11.3 Å². The molecule has 2 unspecified atom stereocenters. The van der Waals surface area contributed by atoms with E-state index in [1.165, 1.54) is 21.4 Å². The minimum absolute atomic E-state index is 0.577. The van der Waals surface area contributed by atoms with Crippen LogP contribution in [0.5, 0.6) is 0 Å². The molecule has 16 heavy (non-hydrogen) atoms. The first-order valence-electron chi connectivity index (χ1n) is 5.92. The van der Waals surface area contributed by atoms with Crippen LogP contribution in [-0.4, -0.2) is 13.1 Å². The maximum atomic E-state index is 3.40. The molecule has 0 bridgehead atoms. The fourth-order valence-electron chi connectivity index (χ4n) is 2.23. The molecule has 0 aliphatic heterocycles. The number of thiophene rings is 1. The topological polar surface area (TPSA) is 12.0 Å². The van der Waals surface area contributed by atoms with Gasteiger partial charge in [-0.25, -0.2) is 0 Å². The monoisotopic (exact) mass is 233 g/mol. The Balaban J connectivity index is 2.32. The second kappa shape index (κ2) is 4.98. The summed E-state index contributed by atoms with van der Waals surface area (Å²) in [6.45, 7) is 4.56. The summed E-state index contributed by atoms with van der Waals surface area (Å²) in [5.74, 6) is 0.590. The fourth-order valence-corrected chi connectivity index (χ4v) is 3.41. The zero-order chi connectivity index (χ0) is 11.5. The number of likely N-dealkylation sites (N-methyl/N-ethyl adjacent to an activating group) is 1. The number of nitrogens with one attached hydrogen (secondary N) is 1. The first-order valence-corrected chi connectivity index (χ1v) is 6.73. The van der Waals surface area contributed by atoms with Crippen LogP contribution in [-0.2, 0) is 0 Å². The molecule has 0 aliphatic carbocycles. The zero-order valence-corrected chi connectivity index (χ0v) is 11.0. The van der Waals surface area contributed by atoms with Crippen molar-refractivity contribution >= 4 is 21.4 Å². The quantitative estimate of drug-likeness (QED) is 0.841. The van der Waals surface area contributed by atoms with Gasteiger partial charge < -0.3 is 5.32 Å². The van der Waals surface area contributed by atoms with Gasteiger partial charge in [-0.05, 0) is 31.0 Å². The highest BCUT2D eigenvalue weighted by Crippen LogP contribution is 2.32. The van der Waals surface area contributed by atoms with E-state index in [9.17, 15) is 0 Å². The summed E-state index contributed by atoms with van der Waals surface area (Å²) in [6, 6.07) is 11.5. The van der Waals surface area contributed by atoms with Gasteiger partial charge in [0, 0.05) is 21.5 Å². The Labute approximate surface area is 101 Å². The third-order valence-electron chi connectivity index (χ3n) is 3.31. The van der Waals surface area contributed by atoms with E-state index in [2.05, 4.69) is 56.5 Å². The van der Waals surface area contributed by atoms with E-state index >= 15 is 0 Å². The van der Waals surface area contributed by atoms with E-state index in [1.54, 1.807) is 0 Å². The van der Waals surface area contributed by atoms with Gasteiger partial charge >= 0.3 is 0 Å². The predicted octanol–water partition coefficient (Wildman–Crippen LogP) is 4.00. The third-order valence-corrected chi connectivity index (χ3v) is 4.62. The van der Waals surface area contributed by atoms with Gasteiger partial charge in [0.1, 0.15) is 0 Å². The molecule has 0 aliphatic rings. The highest BCUT2D eigenvalue weighted by Gasteiger charge is 2.17. The van der Waals surface area contributed by atoms with E-state index in [0.717, 1.165) is 0 Å². The average molecular weight is 233 g/mol. The van der Waals surface area contributed by atoms with Gasteiger partial charge in [-0.15, -0.1) is 11.3 Å². The summed E-state index contributed by atoms with van der Waals surface area (Å²) in [5.41, 5.74) is 0. The van der Waals surface area contributed by atoms with Crippen LogP contribution in [0.2, 0.25) is 0 Å². The first-order chi connectivity index (χ1) is 7.76. The SMILES string of the molecule is CCC(NC)C(C)c1cc2ccccc2s1. The molecule has 1 nitrogen and oxygen atoms in total. The van der Waals surface area contributed by atoms with Crippen LogP contribution in [0.25, 0.3) is 10.1 Å². The van der Waals surface area contributed by atoms with E-state index in [0.29, 0.717) is 12.0 Å². The maximum Gasteiger partial charge on any atom is 0.0345 e. The minimum Gasteiger partial charge on any atom is -0.316 e. The molecular weight excluding hydrogens is 214 g/mol. The largest absolute Gasteiger partial charge is 0.316 e. The van der Waals surface area contributed by atoms with Crippen LogP contribution < -0.4 is 5.32 Å². The van der Waals surface area contributed by atoms with E-state index in [-0.39, 0.29) is 0 Å². The molecule has 2 atom stereocenters. The molecule has 0 fully saturated rings. The Morgan fingerprint density at radius 1 is 1.31 bits per heavy atom. The van der Waals surface area contributed by atoms with Crippen molar-refractivity contribution in [1.82, 2.24) is 5.32 Å². The van der Waals surface area contributed by atoms with Gasteiger partial charge in [0.2, 0.25) is 0 Å². The lowest BCUT2D eigenvalue weighted by molar-refractivity contribution is 0.477. The molecule has 1 aromatic carbocycles. The van der Waals surface area contributed by atoms with E-state index in [4.69, 9.17) is 0 Å². The summed E-state index contributed by atoms with van der Waals surface area (Å²) in [4.78, 5) is 1.49. The molecule has 2 rings (SSSR count). The zero-order valence-electron chi connectivity index (χ0n) is 10.2. The summed E-state index contributed by atoms with van der Waals surface area (Å²) in [5, 5.41) is 4.78. The lowest BCUT2D eigenvalue weighted by Gasteiger charge is -2.20.